The van der Waals surface area contributed by atoms with Crippen molar-refractivity contribution in [1.29, 1.82) is 0 Å². The number of aliphatic hydroxyl groups is 1. The molecule has 0 radical (unpaired) electrons. The monoisotopic (exact) mass is 275 g/mol. The Kier molecular flexibility index (Phi) is 3.35. The van der Waals surface area contributed by atoms with E-state index in [9.17, 15) is 9.90 Å². The van der Waals surface area contributed by atoms with E-state index in [1.807, 2.05) is 6.92 Å². The largest absolute Gasteiger partial charge is 0.393 e. The Hall–Kier alpha value is -2.02. The lowest BCUT2D eigenvalue weighted by atomic mass is 10.1. The molecule has 1 aliphatic heterocycles. The molecule has 0 spiro atoms. The lowest BCUT2D eigenvalue weighted by Crippen LogP contribution is -2.40. The molecule has 7 nitrogen and oxygen atoms in total. The van der Waals surface area contributed by atoms with Gasteiger partial charge in [0.1, 0.15) is 6.33 Å². The summed E-state index contributed by atoms with van der Waals surface area (Å²) >= 11 is 0. The van der Waals surface area contributed by atoms with Gasteiger partial charge in [0.05, 0.1) is 17.4 Å². The molecule has 7 heteroatoms. The number of hydrogen-bond donors (Lipinski definition) is 1. The minimum Gasteiger partial charge on any atom is -0.393 e. The lowest BCUT2D eigenvalue weighted by molar-refractivity contribution is 0.0544. The highest BCUT2D eigenvalue weighted by molar-refractivity contribution is 5.95. The van der Waals surface area contributed by atoms with Crippen LogP contribution in [0.5, 0.6) is 0 Å². The first-order valence-electron chi connectivity index (χ1n) is 6.85. The van der Waals surface area contributed by atoms with Gasteiger partial charge >= 0.3 is 0 Å². The molecule has 0 aliphatic carbocycles. The first kappa shape index (κ1) is 13.0. The average Bonchev–Trinajstić information content (AvgIpc) is 2.94. The third-order valence-corrected chi connectivity index (χ3v) is 3.72. The zero-order valence-electron chi connectivity index (χ0n) is 11.4. The Morgan fingerprint density at radius 3 is 2.85 bits per heavy atom. The van der Waals surface area contributed by atoms with Crippen LogP contribution >= 0.6 is 0 Å². The summed E-state index contributed by atoms with van der Waals surface area (Å²) in [6.45, 7) is 3.14. The number of fused-ring (bicyclic) bond motifs is 1. The summed E-state index contributed by atoms with van der Waals surface area (Å²) in [5, 5.41) is 13.6. The molecule has 1 N–H and O–H groups in total. The smallest absolute Gasteiger partial charge is 0.257 e. The zero-order chi connectivity index (χ0) is 14.1. The van der Waals surface area contributed by atoms with Crippen LogP contribution in [0.15, 0.2) is 12.5 Å². The third-order valence-electron chi connectivity index (χ3n) is 3.72. The van der Waals surface area contributed by atoms with E-state index in [2.05, 4.69) is 15.1 Å². The van der Waals surface area contributed by atoms with Crippen LogP contribution < -0.4 is 0 Å². The van der Waals surface area contributed by atoms with Crippen molar-refractivity contribution in [3.05, 3.63) is 23.8 Å². The van der Waals surface area contributed by atoms with Crippen LogP contribution in [0.3, 0.4) is 0 Å². The lowest BCUT2D eigenvalue weighted by Gasteiger charge is -2.30. The molecule has 20 heavy (non-hydrogen) atoms. The number of piperidine rings is 1. The van der Waals surface area contributed by atoms with E-state index >= 15 is 0 Å². The Bertz CT molecular complexity index is 631. The summed E-state index contributed by atoms with van der Waals surface area (Å²) in [7, 11) is 0. The van der Waals surface area contributed by atoms with E-state index in [1.54, 1.807) is 15.6 Å². The van der Waals surface area contributed by atoms with E-state index < -0.39 is 0 Å². The highest BCUT2D eigenvalue weighted by Crippen LogP contribution is 2.17. The number of aryl methyl sites for hydroxylation is 1. The minimum absolute atomic E-state index is 0.0429. The summed E-state index contributed by atoms with van der Waals surface area (Å²) in [6.07, 6.45) is 4.67. The van der Waals surface area contributed by atoms with Crippen molar-refractivity contribution >= 4 is 11.7 Å². The van der Waals surface area contributed by atoms with E-state index in [1.165, 1.54) is 6.33 Å². The molecular formula is C13H17N5O2. The first-order valence-corrected chi connectivity index (χ1v) is 6.85. The molecule has 0 atom stereocenters. The second-order valence-electron chi connectivity index (χ2n) is 4.97. The van der Waals surface area contributed by atoms with Gasteiger partial charge in [0.25, 0.3) is 11.7 Å². The minimum atomic E-state index is -0.291. The maximum Gasteiger partial charge on any atom is 0.257 e. The van der Waals surface area contributed by atoms with Gasteiger partial charge in [-0.15, -0.1) is 0 Å². The Balaban J connectivity index is 1.94. The molecule has 0 aromatic carbocycles. The molecule has 2 aromatic heterocycles. The second kappa shape index (κ2) is 5.16. The molecule has 1 amide bonds. The normalized spacial score (nSPS) is 16.8. The molecule has 0 unspecified atom stereocenters. The predicted molar refractivity (Wildman–Crippen MR) is 71.3 cm³/mol. The van der Waals surface area contributed by atoms with E-state index in [0.29, 0.717) is 43.7 Å². The van der Waals surface area contributed by atoms with Gasteiger partial charge in [-0.3, -0.25) is 4.79 Å². The van der Waals surface area contributed by atoms with Crippen LogP contribution in [0.1, 0.15) is 35.8 Å². The number of aliphatic hydroxyl groups excluding tert-OH is 1. The number of rotatable bonds is 2. The number of carbonyl (C=O) groups excluding carboxylic acids is 1. The summed E-state index contributed by atoms with van der Waals surface area (Å²) in [6, 6.07) is 0. The van der Waals surface area contributed by atoms with E-state index in [4.69, 9.17) is 0 Å². The van der Waals surface area contributed by atoms with Gasteiger partial charge in [-0.2, -0.15) is 10.1 Å². The first-order chi connectivity index (χ1) is 9.70. The van der Waals surface area contributed by atoms with Gasteiger partial charge in [-0.05, 0) is 19.3 Å². The molecule has 0 saturated carbocycles. The molecule has 3 heterocycles. The van der Waals surface area contributed by atoms with Crippen LogP contribution in [0, 0.1) is 0 Å². The molecule has 106 valence electrons. The molecule has 1 saturated heterocycles. The summed E-state index contributed by atoms with van der Waals surface area (Å²) in [5.74, 6) is 0.464. The van der Waals surface area contributed by atoms with Crippen molar-refractivity contribution in [3.8, 4) is 0 Å². The summed E-state index contributed by atoms with van der Waals surface area (Å²) in [5.41, 5.74) is 1.39. The molecular weight excluding hydrogens is 258 g/mol. The number of carbonyl (C=O) groups is 1. The van der Waals surface area contributed by atoms with Crippen molar-refractivity contribution < 1.29 is 9.90 Å². The van der Waals surface area contributed by atoms with Crippen LogP contribution in [0.25, 0.3) is 5.78 Å². The summed E-state index contributed by atoms with van der Waals surface area (Å²) in [4.78, 5) is 22.6. The fourth-order valence-electron chi connectivity index (χ4n) is 2.58. The van der Waals surface area contributed by atoms with Crippen molar-refractivity contribution in [2.45, 2.75) is 32.3 Å². The quantitative estimate of drug-likeness (QED) is 0.851. The van der Waals surface area contributed by atoms with Gasteiger partial charge in [0.15, 0.2) is 0 Å². The van der Waals surface area contributed by atoms with E-state index in [0.717, 1.165) is 5.69 Å². The maximum absolute atomic E-state index is 12.6. The Labute approximate surface area is 116 Å². The van der Waals surface area contributed by atoms with Gasteiger partial charge < -0.3 is 10.0 Å². The number of likely N-dealkylation sites (tertiary alicyclic amines) is 1. The van der Waals surface area contributed by atoms with Gasteiger partial charge in [-0.25, -0.2) is 9.50 Å². The fraction of sp³-hybridized carbons (Fsp3) is 0.538. The molecule has 1 fully saturated rings. The van der Waals surface area contributed by atoms with Crippen molar-refractivity contribution in [2.24, 2.45) is 0 Å². The van der Waals surface area contributed by atoms with Crippen molar-refractivity contribution in [2.75, 3.05) is 13.1 Å². The average molecular weight is 275 g/mol. The zero-order valence-corrected chi connectivity index (χ0v) is 11.4. The molecule has 2 aromatic rings. The molecule has 3 rings (SSSR count). The van der Waals surface area contributed by atoms with Gasteiger partial charge in [0, 0.05) is 19.3 Å². The van der Waals surface area contributed by atoms with Crippen molar-refractivity contribution in [1.82, 2.24) is 24.5 Å². The highest BCUT2D eigenvalue weighted by Gasteiger charge is 2.25. The summed E-state index contributed by atoms with van der Waals surface area (Å²) < 4.78 is 1.62. The Morgan fingerprint density at radius 2 is 2.15 bits per heavy atom. The third kappa shape index (κ3) is 2.14. The van der Waals surface area contributed by atoms with Crippen LogP contribution in [0.2, 0.25) is 0 Å². The number of nitrogens with zero attached hydrogens (tertiary/aromatic N) is 5. The fourth-order valence-corrected chi connectivity index (χ4v) is 2.58. The topological polar surface area (TPSA) is 83.6 Å². The van der Waals surface area contributed by atoms with Crippen LogP contribution in [-0.4, -0.2) is 54.7 Å². The van der Waals surface area contributed by atoms with Gasteiger partial charge in [-0.1, -0.05) is 6.92 Å². The molecule has 1 aliphatic rings. The van der Waals surface area contributed by atoms with Gasteiger partial charge in [0.2, 0.25) is 0 Å². The van der Waals surface area contributed by atoms with Crippen LogP contribution in [-0.2, 0) is 6.42 Å². The van der Waals surface area contributed by atoms with Crippen molar-refractivity contribution in [3.63, 3.8) is 0 Å². The van der Waals surface area contributed by atoms with Crippen LogP contribution in [0.4, 0.5) is 0 Å². The highest BCUT2D eigenvalue weighted by atomic mass is 16.3. The second-order valence-corrected chi connectivity index (χ2v) is 4.97. The number of amides is 1. The predicted octanol–water partition coefficient (Wildman–Crippen LogP) is 0.284. The Morgan fingerprint density at radius 1 is 1.40 bits per heavy atom. The van der Waals surface area contributed by atoms with E-state index in [-0.39, 0.29) is 12.0 Å². The SMILES string of the molecule is CCc1c(C(=O)N2CCC(O)CC2)cnc2ncnn12. The standard InChI is InChI=1S/C13H17N5O2/c1-2-11-10(7-14-13-15-8-16-18(11)13)12(20)17-5-3-9(19)4-6-17/h7-9,19H,2-6H2,1H3. The number of aromatic nitrogens is 4. The molecule has 0 bridgehead atoms. The number of hydrogen-bond acceptors (Lipinski definition) is 5. The maximum atomic E-state index is 12.6.